The summed E-state index contributed by atoms with van der Waals surface area (Å²) in [4.78, 5) is 11.5. The van der Waals surface area contributed by atoms with Gasteiger partial charge in [0.05, 0.1) is 6.54 Å². The Morgan fingerprint density at radius 1 is 1.20 bits per heavy atom. The quantitative estimate of drug-likeness (QED) is 0.791. The van der Waals surface area contributed by atoms with Gasteiger partial charge in [-0.2, -0.15) is 0 Å². The third kappa shape index (κ3) is 1.93. The Kier molecular flexibility index (Phi) is 2.33. The number of rotatable bonds is 2. The van der Waals surface area contributed by atoms with Crippen LogP contribution in [-0.4, -0.2) is 14.2 Å². The van der Waals surface area contributed by atoms with Gasteiger partial charge >= 0.3 is 5.69 Å². The number of imidazole rings is 1. The second kappa shape index (κ2) is 3.65. The molecule has 0 amide bonds. The molecule has 2 aromatic rings. The van der Waals surface area contributed by atoms with Crippen molar-refractivity contribution in [2.75, 3.05) is 0 Å². The summed E-state index contributed by atoms with van der Waals surface area (Å²) in [5, 5.41) is 9.11. The van der Waals surface area contributed by atoms with Crippen LogP contribution in [0.5, 0.6) is 5.75 Å². The fraction of sp³-hybridized carbons (Fsp3) is 0.182. The standard InChI is InChI=1S/C11H12N2O2/c1-12-6-7-13(11(12)15)8-9-2-4-10(14)5-3-9/h2-7,14H,8H2,1H3. The van der Waals surface area contributed by atoms with E-state index in [0.717, 1.165) is 5.56 Å². The van der Waals surface area contributed by atoms with Gasteiger partial charge in [0.15, 0.2) is 0 Å². The summed E-state index contributed by atoms with van der Waals surface area (Å²) in [6, 6.07) is 6.83. The van der Waals surface area contributed by atoms with Gasteiger partial charge in [-0.1, -0.05) is 12.1 Å². The van der Waals surface area contributed by atoms with Crippen LogP contribution in [0, 0.1) is 0 Å². The SMILES string of the molecule is Cn1ccn(Cc2ccc(O)cc2)c1=O. The Bertz CT molecular complexity index is 508. The van der Waals surface area contributed by atoms with Crippen LogP contribution in [0.15, 0.2) is 41.5 Å². The largest absolute Gasteiger partial charge is 0.508 e. The number of aromatic nitrogens is 2. The molecule has 0 fully saturated rings. The fourth-order valence-electron chi connectivity index (χ4n) is 1.43. The van der Waals surface area contributed by atoms with Crippen LogP contribution in [0.4, 0.5) is 0 Å². The molecule has 0 aliphatic carbocycles. The molecule has 78 valence electrons. The van der Waals surface area contributed by atoms with Gasteiger partial charge in [0.1, 0.15) is 5.75 Å². The highest BCUT2D eigenvalue weighted by atomic mass is 16.3. The normalized spacial score (nSPS) is 10.5. The lowest BCUT2D eigenvalue weighted by atomic mass is 10.2. The van der Waals surface area contributed by atoms with Crippen molar-refractivity contribution >= 4 is 0 Å². The Labute approximate surface area is 87.0 Å². The minimum atomic E-state index is -0.0388. The monoisotopic (exact) mass is 204 g/mol. The molecule has 0 aliphatic rings. The van der Waals surface area contributed by atoms with Crippen molar-refractivity contribution in [2.45, 2.75) is 6.54 Å². The Morgan fingerprint density at radius 2 is 1.87 bits per heavy atom. The third-order valence-corrected chi connectivity index (χ3v) is 2.31. The minimum absolute atomic E-state index is 0.0388. The van der Waals surface area contributed by atoms with E-state index in [9.17, 15) is 4.79 Å². The van der Waals surface area contributed by atoms with Crippen LogP contribution in [0.25, 0.3) is 0 Å². The minimum Gasteiger partial charge on any atom is -0.508 e. The maximum atomic E-state index is 11.5. The van der Waals surface area contributed by atoms with E-state index >= 15 is 0 Å². The predicted octanol–water partition coefficient (Wildman–Crippen LogP) is 0.941. The van der Waals surface area contributed by atoms with E-state index in [4.69, 9.17) is 5.11 Å². The highest BCUT2D eigenvalue weighted by Gasteiger charge is 2.00. The molecule has 4 nitrogen and oxygen atoms in total. The zero-order valence-electron chi connectivity index (χ0n) is 8.42. The molecule has 0 radical (unpaired) electrons. The summed E-state index contributed by atoms with van der Waals surface area (Å²) in [5.74, 6) is 0.235. The summed E-state index contributed by atoms with van der Waals surface area (Å²) >= 11 is 0. The van der Waals surface area contributed by atoms with Crippen molar-refractivity contribution in [3.63, 3.8) is 0 Å². The number of phenols is 1. The predicted molar refractivity (Wildman–Crippen MR) is 56.9 cm³/mol. The first-order chi connectivity index (χ1) is 7.16. The first-order valence-electron chi connectivity index (χ1n) is 4.66. The van der Waals surface area contributed by atoms with Crippen LogP contribution in [0.3, 0.4) is 0 Å². The summed E-state index contributed by atoms with van der Waals surface area (Å²) < 4.78 is 3.15. The van der Waals surface area contributed by atoms with Gasteiger partial charge in [0.2, 0.25) is 0 Å². The molecule has 0 saturated heterocycles. The maximum absolute atomic E-state index is 11.5. The number of hydrogen-bond acceptors (Lipinski definition) is 2. The molecule has 0 unspecified atom stereocenters. The molecule has 1 aromatic heterocycles. The molecule has 0 aliphatic heterocycles. The molecule has 1 N–H and O–H groups in total. The number of aromatic hydroxyl groups is 1. The highest BCUT2D eigenvalue weighted by molar-refractivity contribution is 5.26. The van der Waals surface area contributed by atoms with E-state index in [2.05, 4.69) is 0 Å². The topological polar surface area (TPSA) is 47.2 Å². The zero-order valence-corrected chi connectivity index (χ0v) is 8.42. The number of hydrogen-bond donors (Lipinski definition) is 1. The molecule has 0 spiro atoms. The van der Waals surface area contributed by atoms with Crippen LogP contribution < -0.4 is 5.69 Å². The molecule has 0 atom stereocenters. The highest BCUT2D eigenvalue weighted by Crippen LogP contribution is 2.09. The maximum Gasteiger partial charge on any atom is 0.328 e. The Hall–Kier alpha value is -1.97. The van der Waals surface area contributed by atoms with E-state index in [1.807, 2.05) is 0 Å². The Balaban J connectivity index is 2.26. The number of nitrogens with zero attached hydrogens (tertiary/aromatic N) is 2. The van der Waals surface area contributed by atoms with E-state index in [0.29, 0.717) is 6.54 Å². The van der Waals surface area contributed by atoms with Gasteiger partial charge in [0.25, 0.3) is 0 Å². The number of aryl methyl sites for hydroxylation is 1. The van der Waals surface area contributed by atoms with Crippen LogP contribution >= 0.6 is 0 Å². The molecule has 0 bridgehead atoms. The molecule has 1 heterocycles. The van der Waals surface area contributed by atoms with E-state index in [1.165, 1.54) is 4.57 Å². The molecular formula is C11H12N2O2. The van der Waals surface area contributed by atoms with E-state index in [1.54, 1.807) is 48.3 Å². The molecule has 2 rings (SSSR count). The second-order valence-electron chi connectivity index (χ2n) is 3.49. The average molecular weight is 204 g/mol. The third-order valence-electron chi connectivity index (χ3n) is 2.31. The van der Waals surface area contributed by atoms with Crippen molar-refractivity contribution in [1.82, 2.24) is 9.13 Å². The van der Waals surface area contributed by atoms with E-state index < -0.39 is 0 Å². The van der Waals surface area contributed by atoms with Gasteiger partial charge in [0, 0.05) is 19.4 Å². The lowest BCUT2D eigenvalue weighted by Crippen LogP contribution is -2.22. The van der Waals surface area contributed by atoms with Crippen molar-refractivity contribution in [3.05, 3.63) is 52.7 Å². The van der Waals surface area contributed by atoms with Gasteiger partial charge in [-0.15, -0.1) is 0 Å². The summed E-state index contributed by atoms with van der Waals surface area (Å²) in [6.07, 6.45) is 3.47. The summed E-state index contributed by atoms with van der Waals surface area (Å²) in [5.41, 5.74) is 0.948. The van der Waals surface area contributed by atoms with E-state index in [-0.39, 0.29) is 11.4 Å². The van der Waals surface area contributed by atoms with Gasteiger partial charge in [-0.25, -0.2) is 4.79 Å². The molecular weight excluding hydrogens is 192 g/mol. The van der Waals surface area contributed by atoms with Crippen molar-refractivity contribution in [3.8, 4) is 5.75 Å². The smallest absolute Gasteiger partial charge is 0.328 e. The Morgan fingerprint density at radius 3 is 2.40 bits per heavy atom. The average Bonchev–Trinajstić information content (AvgIpc) is 2.53. The lowest BCUT2D eigenvalue weighted by Gasteiger charge is -2.01. The molecule has 15 heavy (non-hydrogen) atoms. The van der Waals surface area contributed by atoms with Gasteiger partial charge in [-0.3, -0.25) is 4.57 Å². The van der Waals surface area contributed by atoms with Crippen LogP contribution in [-0.2, 0) is 13.6 Å². The van der Waals surface area contributed by atoms with Crippen LogP contribution in [0.2, 0.25) is 0 Å². The van der Waals surface area contributed by atoms with Crippen LogP contribution in [0.1, 0.15) is 5.56 Å². The summed E-state index contributed by atoms with van der Waals surface area (Å²) in [6.45, 7) is 0.528. The fourth-order valence-corrected chi connectivity index (χ4v) is 1.43. The lowest BCUT2D eigenvalue weighted by molar-refractivity contribution is 0.475. The van der Waals surface area contributed by atoms with Gasteiger partial charge in [-0.05, 0) is 17.7 Å². The number of phenolic OH excluding ortho intramolecular Hbond substituents is 1. The zero-order chi connectivity index (χ0) is 10.8. The van der Waals surface area contributed by atoms with Crippen molar-refractivity contribution in [1.29, 1.82) is 0 Å². The first kappa shape index (κ1) is 9.58. The second-order valence-corrected chi connectivity index (χ2v) is 3.49. The molecule has 0 saturated carbocycles. The van der Waals surface area contributed by atoms with Gasteiger partial charge < -0.3 is 9.67 Å². The van der Waals surface area contributed by atoms with Crippen molar-refractivity contribution < 1.29 is 5.11 Å². The molecule has 4 heteroatoms. The summed E-state index contributed by atoms with van der Waals surface area (Å²) in [7, 11) is 1.72. The number of benzene rings is 1. The molecule has 1 aromatic carbocycles. The first-order valence-corrected chi connectivity index (χ1v) is 4.66. The van der Waals surface area contributed by atoms with Crippen molar-refractivity contribution in [2.24, 2.45) is 7.05 Å².